The van der Waals surface area contributed by atoms with Crippen LogP contribution in [0.4, 0.5) is 11.4 Å². The highest BCUT2D eigenvalue weighted by molar-refractivity contribution is 6.04. The second-order valence-electron chi connectivity index (χ2n) is 7.54. The molecule has 0 heterocycles. The van der Waals surface area contributed by atoms with Crippen LogP contribution in [0.3, 0.4) is 0 Å². The van der Waals surface area contributed by atoms with Gasteiger partial charge in [0.15, 0.2) is 0 Å². The van der Waals surface area contributed by atoms with E-state index in [-0.39, 0.29) is 30.8 Å². The molecular weight excluding hydrogens is 408 g/mol. The van der Waals surface area contributed by atoms with Gasteiger partial charge in [0.25, 0.3) is 5.91 Å². The molecule has 8 nitrogen and oxygen atoms in total. The standard InChI is InChI=1S/C24H32N4O4/c1-5-15-28(17-23(30)27(3)4)16-22(29)25-19-9-7-18(8-10-19)24(31)26-20-11-13-21(14-12-20)32-6-2/h7-14H,5-6,15-17H2,1-4H3,(H,25,29)(H,26,31). The SMILES string of the molecule is CCCN(CC(=O)Nc1ccc(C(=O)Nc2ccc(OCC)cc2)cc1)CC(=O)N(C)C. The van der Waals surface area contributed by atoms with Crippen LogP contribution in [0.2, 0.25) is 0 Å². The average molecular weight is 441 g/mol. The number of benzene rings is 2. The van der Waals surface area contributed by atoms with Crippen LogP contribution >= 0.6 is 0 Å². The van der Waals surface area contributed by atoms with Gasteiger partial charge < -0.3 is 20.3 Å². The van der Waals surface area contributed by atoms with E-state index in [0.29, 0.717) is 30.1 Å². The summed E-state index contributed by atoms with van der Waals surface area (Å²) < 4.78 is 5.39. The van der Waals surface area contributed by atoms with Gasteiger partial charge in [0, 0.05) is 31.0 Å². The molecule has 0 aliphatic rings. The molecule has 0 saturated heterocycles. The van der Waals surface area contributed by atoms with E-state index < -0.39 is 0 Å². The predicted molar refractivity (Wildman–Crippen MR) is 126 cm³/mol. The van der Waals surface area contributed by atoms with E-state index in [4.69, 9.17) is 4.74 Å². The van der Waals surface area contributed by atoms with Crippen molar-refractivity contribution in [3.63, 3.8) is 0 Å². The molecule has 32 heavy (non-hydrogen) atoms. The van der Waals surface area contributed by atoms with Crippen molar-refractivity contribution >= 4 is 29.1 Å². The fourth-order valence-corrected chi connectivity index (χ4v) is 2.98. The number of likely N-dealkylation sites (N-methyl/N-ethyl adjacent to an activating group) is 1. The third-order valence-corrected chi connectivity index (χ3v) is 4.62. The van der Waals surface area contributed by atoms with Gasteiger partial charge in [0.1, 0.15) is 5.75 Å². The molecule has 3 amide bonds. The van der Waals surface area contributed by atoms with Crippen LogP contribution in [0.1, 0.15) is 30.6 Å². The van der Waals surface area contributed by atoms with Gasteiger partial charge in [0.05, 0.1) is 19.7 Å². The average Bonchev–Trinajstić information content (AvgIpc) is 2.75. The molecule has 0 saturated carbocycles. The van der Waals surface area contributed by atoms with Gasteiger partial charge in [-0.1, -0.05) is 6.92 Å². The lowest BCUT2D eigenvalue weighted by Gasteiger charge is -2.22. The first kappa shape index (κ1) is 24.9. The smallest absolute Gasteiger partial charge is 0.255 e. The van der Waals surface area contributed by atoms with Crippen LogP contribution in [-0.2, 0) is 9.59 Å². The summed E-state index contributed by atoms with van der Waals surface area (Å²) in [6, 6.07) is 13.8. The van der Waals surface area contributed by atoms with Crippen LogP contribution in [-0.4, -0.2) is 67.9 Å². The number of ether oxygens (including phenoxy) is 1. The Labute approximate surface area is 189 Å². The molecule has 2 aromatic carbocycles. The summed E-state index contributed by atoms with van der Waals surface area (Å²) in [4.78, 5) is 40.2. The Balaban J connectivity index is 1.91. The van der Waals surface area contributed by atoms with Gasteiger partial charge in [-0.2, -0.15) is 0 Å². The molecule has 0 aromatic heterocycles. The highest BCUT2D eigenvalue weighted by Gasteiger charge is 2.15. The Morgan fingerprint density at radius 2 is 1.44 bits per heavy atom. The summed E-state index contributed by atoms with van der Waals surface area (Å²) in [6.45, 7) is 5.46. The summed E-state index contributed by atoms with van der Waals surface area (Å²) in [6.07, 6.45) is 0.839. The molecule has 0 fully saturated rings. The highest BCUT2D eigenvalue weighted by Crippen LogP contribution is 2.17. The van der Waals surface area contributed by atoms with Crippen molar-refractivity contribution in [1.82, 2.24) is 9.80 Å². The third kappa shape index (κ3) is 8.03. The monoisotopic (exact) mass is 440 g/mol. The van der Waals surface area contributed by atoms with Crippen LogP contribution in [0.15, 0.2) is 48.5 Å². The maximum atomic E-state index is 12.5. The molecule has 0 atom stereocenters. The van der Waals surface area contributed by atoms with Gasteiger partial charge in [0.2, 0.25) is 11.8 Å². The molecule has 8 heteroatoms. The molecule has 0 bridgehead atoms. The first-order valence-electron chi connectivity index (χ1n) is 10.7. The first-order valence-corrected chi connectivity index (χ1v) is 10.7. The van der Waals surface area contributed by atoms with Crippen molar-refractivity contribution in [2.75, 3.05) is 51.0 Å². The lowest BCUT2D eigenvalue weighted by atomic mass is 10.2. The van der Waals surface area contributed by atoms with Gasteiger partial charge in [-0.3, -0.25) is 19.3 Å². The number of amides is 3. The highest BCUT2D eigenvalue weighted by atomic mass is 16.5. The molecule has 2 rings (SSSR count). The first-order chi connectivity index (χ1) is 15.3. The van der Waals surface area contributed by atoms with Crippen LogP contribution in [0.25, 0.3) is 0 Å². The van der Waals surface area contributed by atoms with E-state index in [2.05, 4.69) is 10.6 Å². The molecule has 0 unspecified atom stereocenters. The van der Waals surface area contributed by atoms with Crippen molar-refractivity contribution in [2.45, 2.75) is 20.3 Å². The molecule has 0 spiro atoms. The number of rotatable bonds is 11. The van der Waals surface area contributed by atoms with Crippen molar-refractivity contribution in [3.05, 3.63) is 54.1 Å². The Hall–Kier alpha value is -3.39. The number of carbonyl (C=O) groups excluding carboxylic acids is 3. The Morgan fingerprint density at radius 3 is 2.00 bits per heavy atom. The summed E-state index contributed by atoms with van der Waals surface area (Å²) in [5.41, 5.74) is 1.73. The molecular formula is C24H32N4O4. The van der Waals surface area contributed by atoms with Crippen molar-refractivity contribution in [1.29, 1.82) is 0 Å². The van der Waals surface area contributed by atoms with Gasteiger partial charge in [-0.15, -0.1) is 0 Å². The molecule has 0 aliphatic heterocycles. The second kappa shape index (κ2) is 12.5. The minimum atomic E-state index is -0.247. The zero-order valence-electron chi connectivity index (χ0n) is 19.2. The second-order valence-corrected chi connectivity index (χ2v) is 7.54. The van der Waals surface area contributed by atoms with Crippen LogP contribution in [0.5, 0.6) is 5.75 Å². The molecule has 2 aromatic rings. The number of nitrogens with zero attached hydrogens (tertiary/aromatic N) is 2. The summed E-state index contributed by atoms with van der Waals surface area (Å²) in [7, 11) is 3.39. The maximum absolute atomic E-state index is 12.5. The van der Waals surface area contributed by atoms with Crippen LogP contribution < -0.4 is 15.4 Å². The zero-order valence-corrected chi connectivity index (χ0v) is 19.2. The number of hydrogen-bond donors (Lipinski definition) is 2. The quantitative estimate of drug-likeness (QED) is 0.560. The van der Waals surface area contributed by atoms with Gasteiger partial charge in [-0.05, 0) is 68.4 Å². The van der Waals surface area contributed by atoms with Gasteiger partial charge in [-0.25, -0.2) is 0 Å². The third-order valence-electron chi connectivity index (χ3n) is 4.62. The lowest BCUT2D eigenvalue weighted by Crippen LogP contribution is -2.41. The molecule has 172 valence electrons. The fourth-order valence-electron chi connectivity index (χ4n) is 2.98. The van der Waals surface area contributed by atoms with Crippen molar-refractivity contribution < 1.29 is 19.1 Å². The van der Waals surface area contributed by atoms with E-state index in [1.807, 2.05) is 18.7 Å². The molecule has 0 aliphatic carbocycles. The maximum Gasteiger partial charge on any atom is 0.255 e. The topological polar surface area (TPSA) is 91.0 Å². The molecule has 2 N–H and O–H groups in total. The number of anilines is 2. The number of hydrogen-bond acceptors (Lipinski definition) is 5. The van der Waals surface area contributed by atoms with Crippen molar-refractivity contribution in [3.8, 4) is 5.75 Å². The van der Waals surface area contributed by atoms with Crippen molar-refractivity contribution in [2.24, 2.45) is 0 Å². The zero-order chi connectivity index (χ0) is 23.5. The lowest BCUT2D eigenvalue weighted by molar-refractivity contribution is -0.130. The normalized spacial score (nSPS) is 10.5. The largest absolute Gasteiger partial charge is 0.494 e. The summed E-state index contributed by atoms with van der Waals surface area (Å²) >= 11 is 0. The van der Waals surface area contributed by atoms with Gasteiger partial charge >= 0.3 is 0 Å². The van der Waals surface area contributed by atoms with E-state index in [9.17, 15) is 14.4 Å². The summed E-state index contributed by atoms with van der Waals surface area (Å²) in [5, 5.41) is 5.65. The Bertz CT molecular complexity index is 895. The van der Waals surface area contributed by atoms with E-state index in [1.54, 1.807) is 62.6 Å². The molecule has 0 radical (unpaired) electrons. The minimum absolute atomic E-state index is 0.0471. The number of nitrogens with one attached hydrogen (secondary N) is 2. The predicted octanol–water partition coefficient (Wildman–Crippen LogP) is 3.08. The fraction of sp³-hybridized carbons (Fsp3) is 0.375. The van der Waals surface area contributed by atoms with E-state index in [0.717, 1.165) is 12.2 Å². The number of carbonyl (C=O) groups is 3. The van der Waals surface area contributed by atoms with Crippen LogP contribution in [0, 0.1) is 0 Å². The Morgan fingerprint density at radius 1 is 0.844 bits per heavy atom. The Kier molecular flexibility index (Phi) is 9.69. The van der Waals surface area contributed by atoms with E-state index in [1.165, 1.54) is 4.90 Å². The minimum Gasteiger partial charge on any atom is -0.494 e. The summed E-state index contributed by atoms with van der Waals surface area (Å²) in [5.74, 6) is 0.239. The van der Waals surface area contributed by atoms with E-state index >= 15 is 0 Å².